The van der Waals surface area contributed by atoms with Crippen LogP contribution in [0.1, 0.15) is 34.7 Å². The number of likely N-dealkylation sites (N-methyl/N-ethyl adjacent to an activating group) is 2. The molecule has 3 N–H and O–H groups in total. The van der Waals surface area contributed by atoms with Crippen molar-refractivity contribution in [2.24, 2.45) is 5.84 Å². The maximum absolute atomic E-state index is 11.5. The number of likely N-dealkylation sites (tertiary alicyclic amines) is 1. The molecule has 1 amide bonds. The van der Waals surface area contributed by atoms with Gasteiger partial charge in [0.15, 0.2) is 0 Å². The van der Waals surface area contributed by atoms with Crippen LogP contribution in [0.2, 0.25) is 0 Å². The van der Waals surface area contributed by atoms with E-state index < -0.39 is 0 Å². The van der Waals surface area contributed by atoms with Gasteiger partial charge in [0, 0.05) is 12.6 Å². The van der Waals surface area contributed by atoms with E-state index in [0.717, 1.165) is 12.3 Å². The van der Waals surface area contributed by atoms with Gasteiger partial charge in [0.1, 0.15) is 11.5 Å². The summed E-state index contributed by atoms with van der Waals surface area (Å²) in [5.74, 6) is 6.24. The maximum atomic E-state index is 11.5. The van der Waals surface area contributed by atoms with Gasteiger partial charge in [-0.3, -0.25) is 15.1 Å². The molecule has 2 heterocycles. The molecule has 0 spiro atoms. The first-order valence-corrected chi connectivity index (χ1v) is 7.00. The van der Waals surface area contributed by atoms with Crippen LogP contribution >= 0.6 is 0 Å². The zero-order valence-electron chi connectivity index (χ0n) is 12.5. The average Bonchev–Trinajstić information content (AvgIpc) is 2.95. The number of nitrogen functional groups attached to an aromatic ring is 1. The largest absolute Gasteiger partial charge is 0.464 e. The molecule has 1 aliphatic rings. The Morgan fingerprint density at radius 2 is 2.40 bits per heavy atom. The first-order valence-electron chi connectivity index (χ1n) is 7.00. The fourth-order valence-corrected chi connectivity index (χ4v) is 2.83. The molecule has 1 atom stereocenters. The molecular formula is C14H24N4O2. The number of furan rings is 1. The van der Waals surface area contributed by atoms with Crippen molar-refractivity contribution in [3.05, 3.63) is 23.2 Å². The van der Waals surface area contributed by atoms with E-state index in [9.17, 15) is 4.79 Å². The summed E-state index contributed by atoms with van der Waals surface area (Å²) in [6, 6.07) is 2.38. The van der Waals surface area contributed by atoms with Gasteiger partial charge >= 0.3 is 0 Å². The number of aryl methyl sites for hydroxylation is 1. The van der Waals surface area contributed by atoms with E-state index in [4.69, 9.17) is 10.3 Å². The topological polar surface area (TPSA) is 74.7 Å². The highest BCUT2D eigenvalue weighted by Crippen LogP contribution is 2.18. The van der Waals surface area contributed by atoms with Crippen molar-refractivity contribution < 1.29 is 9.21 Å². The summed E-state index contributed by atoms with van der Waals surface area (Å²) in [6.07, 6.45) is 2.52. The quantitative estimate of drug-likeness (QED) is 0.472. The van der Waals surface area contributed by atoms with Gasteiger partial charge in [0.2, 0.25) is 0 Å². The highest BCUT2D eigenvalue weighted by atomic mass is 16.3. The summed E-state index contributed by atoms with van der Waals surface area (Å²) in [5.41, 5.74) is 2.64. The molecule has 2 rings (SSSR count). The summed E-state index contributed by atoms with van der Waals surface area (Å²) in [4.78, 5) is 16.2. The van der Waals surface area contributed by atoms with E-state index in [1.165, 1.54) is 19.4 Å². The lowest BCUT2D eigenvalue weighted by molar-refractivity contribution is 0.0952. The van der Waals surface area contributed by atoms with Crippen molar-refractivity contribution in [3.63, 3.8) is 0 Å². The van der Waals surface area contributed by atoms with E-state index >= 15 is 0 Å². The van der Waals surface area contributed by atoms with Gasteiger partial charge in [0.05, 0.1) is 12.1 Å². The third kappa shape index (κ3) is 3.39. The fourth-order valence-electron chi connectivity index (χ4n) is 2.83. The molecule has 1 aromatic rings. The predicted octanol–water partition coefficient (Wildman–Crippen LogP) is 0.718. The lowest BCUT2D eigenvalue weighted by atomic mass is 10.2. The van der Waals surface area contributed by atoms with E-state index in [-0.39, 0.29) is 5.91 Å². The summed E-state index contributed by atoms with van der Waals surface area (Å²) in [7, 11) is 4.25. The number of hydrogen-bond donors (Lipinski definition) is 2. The molecule has 1 fully saturated rings. The minimum Gasteiger partial charge on any atom is -0.464 e. The molecule has 0 saturated carbocycles. The molecule has 0 radical (unpaired) electrons. The molecule has 20 heavy (non-hydrogen) atoms. The predicted molar refractivity (Wildman–Crippen MR) is 77.1 cm³/mol. The van der Waals surface area contributed by atoms with Crippen molar-refractivity contribution in [1.82, 2.24) is 15.2 Å². The number of nitrogens with one attached hydrogen (secondary N) is 1. The maximum Gasteiger partial charge on any atom is 0.268 e. The number of hydrogen-bond acceptors (Lipinski definition) is 5. The normalized spacial score (nSPS) is 19.8. The monoisotopic (exact) mass is 280 g/mol. The number of carbonyl (C=O) groups is 1. The number of rotatable bonds is 5. The second-order valence-electron chi connectivity index (χ2n) is 5.63. The van der Waals surface area contributed by atoms with Crippen molar-refractivity contribution in [2.45, 2.75) is 32.4 Å². The molecular weight excluding hydrogens is 256 g/mol. The number of carbonyl (C=O) groups excluding carboxylic acids is 1. The Kier molecular flexibility index (Phi) is 4.80. The van der Waals surface area contributed by atoms with Gasteiger partial charge in [-0.05, 0) is 46.5 Å². The van der Waals surface area contributed by atoms with Gasteiger partial charge in [-0.2, -0.15) is 0 Å². The molecule has 1 aromatic heterocycles. The van der Waals surface area contributed by atoms with Crippen LogP contribution in [0.4, 0.5) is 0 Å². The van der Waals surface area contributed by atoms with Gasteiger partial charge in [-0.25, -0.2) is 5.84 Å². The third-order valence-electron chi connectivity index (χ3n) is 3.96. The molecule has 0 bridgehead atoms. The van der Waals surface area contributed by atoms with Crippen LogP contribution < -0.4 is 11.3 Å². The number of nitrogens with two attached hydrogens (primary N) is 1. The van der Waals surface area contributed by atoms with Crippen molar-refractivity contribution in [1.29, 1.82) is 0 Å². The fraction of sp³-hybridized carbons (Fsp3) is 0.643. The van der Waals surface area contributed by atoms with Gasteiger partial charge < -0.3 is 9.32 Å². The van der Waals surface area contributed by atoms with Gasteiger partial charge in [-0.15, -0.1) is 0 Å². The van der Waals surface area contributed by atoms with Gasteiger partial charge in [-0.1, -0.05) is 0 Å². The molecule has 6 heteroatoms. The smallest absolute Gasteiger partial charge is 0.268 e. The minimum absolute atomic E-state index is 0.310. The number of amides is 1. The lowest BCUT2D eigenvalue weighted by Crippen LogP contribution is -2.36. The Morgan fingerprint density at radius 1 is 1.65 bits per heavy atom. The Labute approximate surface area is 119 Å². The highest BCUT2D eigenvalue weighted by molar-refractivity contribution is 5.94. The summed E-state index contributed by atoms with van der Waals surface area (Å²) >= 11 is 0. The van der Waals surface area contributed by atoms with Crippen LogP contribution in [0, 0.1) is 6.92 Å². The third-order valence-corrected chi connectivity index (χ3v) is 3.96. The Morgan fingerprint density at radius 3 is 3.00 bits per heavy atom. The summed E-state index contributed by atoms with van der Waals surface area (Å²) in [5, 5.41) is 0. The Balaban J connectivity index is 1.94. The van der Waals surface area contributed by atoms with Crippen LogP contribution in [-0.4, -0.2) is 48.9 Å². The highest BCUT2D eigenvalue weighted by Gasteiger charge is 2.22. The van der Waals surface area contributed by atoms with Crippen LogP contribution in [0.15, 0.2) is 10.5 Å². The van der Waals surface area contributed by atoms with Gasteiger partial charge in [0.25, 0.3) is 5.91 Å². The van der Waals surface area contributed by atoms with Crippen LogP contribution in [0.5, 0.6) is 0 Å². The van der Waals surface area contributed by atoms with E-state index in [1.54, 1.807) is 13.0 Å². The zero-order valence-corrected chi connectivity index (χ0v) is 12.5. The zero-order chi connectivity index (χ0) is 14.7. The second-order valence-corrected chi connectivity index (χ2v) is 5.63. The first-order chi connectivity index (χ1) is 9.51. The Hall–Kier alpha value is -1.37. The van der Waals surface area contributed by atoms with Crippen LogP contribution in [0.3, 0.4) is 0 Å². The average molecular weight is 280 g/mol. The molecule has 1 aliphatic heterocycles. The van der Waals surface area contributed by atoms with E-state index in [2.05, 4.69) is 29.3 Å². The molecule has 0 aliphatic carbocycles. The molecule has 112 valence electrons. The molecule has 6 nitrogen and oxygen atoms in total. The Bertz CT molecular complexity index is 472. The lowest BCUT2D eigenvalue weighted by Gasteiger charge is -2.25. The summed E-state index contributed by atoms with van der Waals surface area (Å²) < 4.78 is 5.63. The first kappa shape index (κ1) is 15.0. The van der Waals surface area contributed by atoms with Crippen LogP contribution in [0.25, 0.3) is 0 Å². The SMILES string of the molecule is Cc1oc(CN(C)CC2CCCN2C)cc1C(=O)NN. The van der Waals surface area contributed by atoms with E-state index in [0.29, 0.717) is 23.9 Å². The minimum atomic E-state index is -0.310. The van der Waals surface area contributed by atoms with Crippen molar-refractivity contribution in [3.8, 4) is 0 Å². The standard InChI is InChI=1S/C14H24N4O2/c1-10-13(14(19)16-15)7-12(20-10)9-17(2)8-11-5-4-6-18(11)3/h7,11H,4-6,8-9,15H2,1-3H3,(H,16,19). The summed E-state index contributed by atoms with van der Waals surface area (Å²) in [6.45, 7) is 4.66. The molecule has 1 unspecified atom stereocenters. The van der Waals surface area contributed by atoms with Crippen LogP contribution in [-0.2, 0) is 6.54 Å². The van der Waals surface area contributed by atoms with Crippen molar-refractivity contribution in [2.75, 3.05) is 27.2 Å². The number of nitrogens with zero attached hydrogens (tertiary/aromatic N) is 2. The van der Waals surface area contributed by atoms with Crippen molar-refractivity contribution >= 4 is 5.91 Å². The number of hydrazine groups is 1. The molecule has 0 aromatic carbocycles. The second kappa shape index (κ2) is 6.39. The molecule has 1 saturated heterocycles. The van der Waals surface area contributed by atoms with E-state index in [1.807, 2.05) is 0 Å².